The summed E-state index contributed by atoms with van der Waals surface area (Å²) in [7, 11) is 0. The van der Waals surface area contributed by atoms with E-state index in [-0.39, 0.29) is 11.8 Å². The van der Waals surface area contributed by atoms with E-state index in [4.69, 9.17) is 11.6 Å². The number of halogens is 1. The molecule has 1 saturated heterocycles. The summed E-state index contributed by atoms with van der Waals surface area (Å²) in [5.41, 5.74) is 2.33. The monoisotopic (exact) mass is 380 g/mol. The molecular weight excluding hydrogens is 364 g/mol. The van der Waals surface area contributed by atoms with Gasteiger partial charge in [-0.25, -0.2) is 4.98 Å². The Kier molecular flexibility index (Phi) is 4.73. The standard InChI is InChI=1S/C20H17ClN4O2/c21-15-5-3-4-14(12-15)19(26)24-8-10-25(11-9-24)20(27)18-13-22-16-6-1-2-7-17(16)23-18/h1-7,12-13H,8-11H2. The number of rotatable bonds is 2. The molecule has 0 unspecified atom stereocenters. The fraction of sp³-hybridized carbons (Fsp3) is 0.200. The van der Waals surface area contributed by atoms with E-state index in [1.165, 1.54) is 6.20 Å². The summed E-state index contributed by atoms with van der Waals surface area (Å²) in [5.74, 6) is -0.238. The van der Waals surface area contributed by atoms with Gasteiger partial charge in [-0.2, -0.15) is 0 Å². The van der Waals surface area contributed by atoms with Gasteiger partial charge in [-0.3, -0.25) is 14.6 Å². The molecule has 7 heteroatoms. The van der Waals surface area contributed by atoms with Gasteiger partial charge in [0.15, 0.2) is 0 Å². The van der Waals surface area contributed by atoms with Gasteiger partial charge in [0.1, 0.15) is 5.69 Å². The third-order valence-corrected chi connectivity index (χ3v) is 4.83. The fourth-order valence-electron chi connectivity index (χ4n) is 3.14. The molecule has 0 aliphatic carbocycles. The van der Waals surface area contributed by atoms with Gasteiger partial charge < -0.3 is 9.80 Å². The summed E-state index contributed by atoms with van der Waals surface area (Å²) >= 11 is 5.97. The van der Waals surface area contributed by atoms with Gasteiger partial charge in [0.25, 0.3) is 11.8 Å². The molecule has 0 saturated carbocycles. The summed E-state index contributed by atoms with van der Waals surface area (Å²) in [6.45, 7) is 1.86. The van der Waals surface area contributed by atoms with E-state index in [2.05, 4.69) is 9.97 Å². The molecule has 2 amide bonds. The van der Waals surface area contributed by atoms with Crippen LogP contribution in [-0.4, -0.2) is 57.8 Å². The van der Waals surface area contributed by atoms with Crippen molar-refractivity contribution in [2.24, 2.45) is 0 Å². The number of carbonyl (C=O) groups excluding carboxylic acids is 2. The van der Waals surface area contributed by atoms with Crippen molar-refractivity contribution >= 4 is 34.4 Å². The SMILES string of the molecule is O=C(c1cccc(Cl)c1)N1CCN(C(=O)c2cnc3ccccc3n2)CC1. The van der Waals surface area contributed by atoms with Crippen LogP contribution in [0, 0.1) is 0 Å². The van der Waals surface area contributed by atoms with Crippen molar-refractivity contribution in [3.05, 3.63) is 71.0 Å². The molecule has 1 aromatic heterocycles. The van der Waals surface area contributed by atoms with Crippen LogP contribution in [0.1, 0.15) is 20.8 Å². The van der Waals surface area contributed by atoms with Crippen LogP contribution in [-0.2, 0) is 0 Å². The zero-order chi connectivity index (χ0) is 18.8. The second kappa shape index (κ2) is 7.32. The number of carbonyl (C=O) groups is 2. The second-order valence-electron chi connectivity index (χ2n) is 6.34. The molecule has 0 radical (unpaired) electrons. The van der Waals surface area contributed by atoms with Crippen molar-refractivity contribution < 1.29 is 9.59 Å². The van der Waals surface area contributed by atoms with Gasteiger partial charge in [-0.1, -0.05) is 29.8 Å². The largest absolute Gasteiger partial charge is 0.335 e. The number of fused-ring (bicyclic) bond motifs is 1. The first kappa shape index (κ1) is 17.4. The lowest BCUT2D eigenvalue weighted by Crippen LogP contribution is -2.50. The van der Waals surface area contributed by atoms with E-state index in [1.807, 2.05) is 24.3 Å². The first-order valence-electron chi connectivity index (χ1n) is 8.68. The topological polar surface area (TPSA) is 66.4 Å². The number of nitrogens with zero attached hydrogens (tertiary/aromatic N) is 4. The van der Waals surface area contributed by atoms with E-state index in [0.717, 1.165) is 5.52 Å². The second-order valence-corrected chi connectivity index (χ2v) is 6.78. The van der Waals surface area contributed by atoms with Crippen LogP contribution < -0.4 is 0 Å². The fourth-order valence-corrected chi connectivity index (χ4v) is 3.33. The van der Waals surface area contributed by atoms with Crippen LogP contribution in [0.3, 0.4) is 0 Å². The summed E-state index contributed by atoms with van der Waals surface area (Å²) in [6.07, 6.45) is 1.51. The van der Waals surface area contributed by atoms with E-state index >= 15 is 0 Å². The first-order valence-corrected chi connectivity index (χ1v) is 9.05. The number of amides is 2. The van der Waals surface area contributed by atoms with Crippen LogP contribution in [0.2, 0.25) is 5.02 Å². The molecule has 0 N–H and O–H groups in total. The normalized spacial score (nSPS) is 14.4. The first-order chi connectivity index (χ1) is 13.1. The Morgan fingerprint density at radius 2 is 1.52 bits per heavy atom. The van der Waals surface area contributed by atoms with Crippen molar-refractivity contribution in [2.45, 2.75) is 0 Å². The zero-order valence-corrected chi connectivity index (χ0v) is 15.3. The van der Waals surface area contributed by atoms with Crippen LogP contribution in [0.5, 0.6) is 0 Å². The summed E-state index contributed by atoms with van der Waals surface area (Å²) in [5, 5.41) is 0.532. The zero-order valence-electron chi connectivity index (χ0n) is 14.5. The number of hydrogen-bond acceptors (Lipinski definition) is 4. The molecule has 2 aromatic carbocycles. The minimum Gasteiger partial charge on any atom is -0.335 e. The molecule has 0 spiro atoms. The van der Waals surface area contributed by atoms with Gasteiger partial charge in [0, 0.05) is 36.8 Å². The van der Waals surface area contributed by atoms with Crippen molar-refractivity contribution in [3.63, 3.8) is 0 Å². The number of aromatic nitrogens is 2. The smallest absolute Gasteiger partial charge is 0.274 e. The highest BCUT2D eigenvalue weighted by Crippen LogP contribution is 2.15. The van der Waals surface area contributed by atoms with Gasteiger partial charge in [-0.05, 0) is 30.3 Å². The molecule has 0 atom stereocenters. The lowest BCUT2D eigenvalue weighted by Gasteiger charge is -2.34. The maximum Gasteiger partial charge on any atom is 0.274 e. The Morgan fingerprint density at radius 3 is 2.22 bits per heavy atom. The summed E-state index contributed by atoms with van der Waals surface area (Å²) < 4.78 is 0. The highest BCUT2D eigenvalue weighted by atomic mass is 35.5. The Labute approximate surface area is 161 Å². The lowest BCUT2D eigenvalue weighted by molar-refractivity contribution is 0.0532. The van der Waals surface area contributed by atoms with E-state index in [1.54, 1.807) is 34.1 Å². The van der Waals surface area contributed by atoms with Crippen LogP contribution in [0.4, 0.5) is 0 Å². The van der Waals surface area contributed by atoms with Crippen molar-refractivity contribution in [1.29, 1.82) is 0 Å². The number of benzene rings is 2. The Bertz CT molecular complexity index is 1020. The third-order valence-electron chi connectivity index (χ3n) is 4.59. The minimum absolute atomic E-state index is 0.0740. The van der Waals surface area contributed by atoms with E-state index in [0.29, 0.717) is 48.0 Å². The van der Waals surface area contributed by atoms with Gasteiger partial charge in [-0.15, -0.1) is 0 Å². The predicted molar refractivity (Wildman–Crippen MR) is 103 cm³/mol. The average Bonchev–Trinajstić information content (AvgIpc) is 2.72. The Hall–Kier alpha value is -2.99. The molecule has 136 valence electrons. The highest BCUT2D eigenvalue weighted by Gasteiger charge is 2.26. The molecule has 0 bridgehead atoms. The molecule has 1 aliphatic heterocycles. The van der Waals surface area contributed by atoms with Crippen LogP contribution >= 0.6 is 11.6 Å². The molecule has 2 heterocycles. The summed E-state index contributed by atoms with van der Waals surface area (Å²) in [4.78, 5) is 37.5. The highest BCUT2D eigenvalue weighted by molar-refractivity contribution is 6.30. The van der Waals surface area contributed by atoms with Gasteiger partial charge in [0.2, 0.25) is 0 Å². The maximum atomic E-state index is 12.7. The Morgan fingerprint density at radius 1 is 0.852 bits per heavy atom. The molecule has 1 aliphatic rings. The minimum atomic E-state index is -0.164. The van der Waals surface area contributed by atoms with Crippen LogP contribution in [0.25, 0.3) is 11.0 Å². The average molecular weight is 381 g/mol. The van der Waals surface area contributed by atoms with Crippen molar-refractivity contribution in [1.82, 2.24) is 19.8 Å². The molecule has 1 fully saturated rings. The Balaban J connectivity index is 1.43. The third kappa shape index (κ3) is 3.61. The molecule has 6 nitrogen and oxygen atoms in total. The molecular formula is C20H17ClN4O2. The molecule has 3 aromatic rings. The predicted octanol–water partition coefficient (Wildman–Crippen LogP) is 2.88. The van der Waals surface area contributed by atoms with E-state index in [9.17, 15) is 9.59 Å². The molecule has 27 heavy (non-hydrogen) atoms. The number of para-hydroxylation sites is 2. The van der Waals surface area contributed by atoms with Crippen molar-refractivity contribution in [3.8, 4) is 0 Å². The maximum absolute atomic E-state index is 12.7. The number of hydrogen-bond donors (Lipinski definition) is 0. The van der Waals surface area contributed by atoms with Gasteiger partial charge >= 0.3 is 0 Å². The number of piperazine rings is 1. The van der Waals surface area contributed by atoms with Crippen LogP contribution in [0.15, 0.2) is 54.7 Å². The van der Waals surface area contributed by atoms with E-state index < -0.39 is 0 Å². The quantitative estimate of drug-likeness (QED) is 0.685. The summed E-state index contributed by atoms with van der Waals surface area (Å²) in [6, 6.07) is 14.3. The molecule has 4 rings (SSSR count). The lowest BCUT2D eigenvalue weighted by atomic mass is 10.2. The van der Waals surface area contributed by atoms with Gasteiger partial charge in [0.05, 0.1) is 17.2 Å². The van der Waals surface area contributed by atoms with Crippen molar-refractivity contribution in [2.75, 3.05) is 26.2 Å².